The number of hydrogen-bond acceptors (Lipinski definition) is 2. The third-order valence-corrected chi connectivity index (χ3v) is 5.14. The summed E-state index contributed by atoms with van der Waals surface area (Å²) in [7, 11) is 0. The Labute approximate surface area is 150 Å². The summed E-state index contributed by atoms with van der Waals surface area (Å²) in [5, 5.41) is 6.70. The molecule has 0 aromatic heterocycles. The van der Waals surface area contributed by atoms with Crippen LogP contribution in [0.1, 0.15) is 43.2 Å². The largest absolute Gasteiger partial charge is 0.352 e. The van der Waals surface area contributed by atoms with Gasteiger partial charge in [-0.15, -0.1) is 0 Å². The van der Waals surface area contributed by atoms with Crippen LogP contribution in [-0.4, -0.2) is 24.5 Å². The zero-order chi connectivity index (χ0) is 17.5. The van der Waals surface area contributed by atoms with Crippen molar-refractivity contribution >= 4 is 5.91 Å². The fourth-order valence-electron chi connectivity index (χ4n) is 3.66. The summed E-state index contributed by atoms with van der Waals surface area (Å²) in [6, 6.07) is 21.4. The lowest BCUT2D eigenvalue weighted by Gasteiger charge is -2.31. The smallest absolute Gasteiger partial charge is 0.220 e. The third kappa shape index (κ3) is 5.17. The molecule has 0 spiro atoms. The highest BCUT2D eigenvalue weighted by molar-refractivity contribution is 5.77. The summed E-state index contributed by atoms with van der Waals surface area (Å²) >= 11 is 0. The van der Waals surface area contributed by atoms with Crippen LogP contribution in [0.5, 0.6) is 0 Å². The molecule has 0 saturated carbocycles. The summed E-state index contributed by atoms with van der Waals surface area (Å²) in [6.45, 7) is 3.21. The molecule has 0 bridgehead atoms. The minimum Gasteiger partial charge on any atom is -0.352 e. The fourth-order valence-corrected chi connectivity index (χ4v) is 3.66. The molecule has 0 radical (unpaired) electrons. The summed E-state index contributed by atoms with van der Waals surface area (Å²) in [4.78, 5) is 12.7. The van der Waals surface area contributed by atoms with Gasteiger partial charge < -0.3 is 10.6 Å². The van der Waals surface area contributed by atoms with E-state index in [0.29, 0.717) is 12.5 Å². The number of piperidine rings is 1. The summed E-state index contributed by atoms with van der Waals surface area (Å²) in [5.41, 5.74) is 2.51. The summed E-state index contributed by atoms with van der Waals surface area (Å²) in [6.07, 6.45) is 3.61. The van der Waals surface area contributed by atoms with E-state index in [4.69, 9.17) is 0 Å². The maximum Gasteiger partial charge on any atom is 0.220 e. The number of carbonyl (C=O) groups excluding carboxylic acids is 1. The van der Waals surface area contributed by atoms with Crippen molar-refractivity contribution in [2.24, 2.45) is 0 Å². The van der Waals surface area contributed by atoms with Gasteiger partial charge in [-0.25, -0.2) is 0 Å². The van der Waals surface area contributed by atoms with Crippen LogP contribution in [0, 0.1) is 0 Å². The molecule has 1 fully saturated rings. The topological polar surface area (TPSA) is 41.1 Å². The zero-order valence-corrected chi connectivity index (χ0v) is 14.9. The maximum absolute atomic E-state index is 12.7. The van der Waals surface area contributed by atoms with Crippen LogP contribution in [0.3, 0.4) is 0 Å². The van der Waals surface area contributed by atoms with Gasteiger partial charge in [0.1, 0.15) is 0 Å². The van der Waals surface area contributed by atoms with Gasteiger partial charge in [0.15, 0.2) is 0 Å². The van der Waals surface area contributed by atoms with Crippen LogP contribution in [0.25, 0.3) is 0 Å². The van der Waals surface area contributed by atoms with Crippen molar-refractivity contribution in [3.63, 3.8) is 0 Å². The van der Waals surface area contributed by atoms with E-state index in [0.717, 1.165) is 25.8 Å². The third-order valence-electron chi connectivity index (χ3n) is 5.14. The van der Waals surface area contributed by atoms with Gasteiger partial charge in [0.2, 0.25) is 5.91 Å². The second-order valence-corrected chi connectivity index (χ2v) is 7.06. The van der Waals surface area contributed by atoms with E-state index in [1.807, 2.05) is 12.1 Å². The van der Waals surface area contributed by atoms with E-state index < -0.39 is 0 Å². The first-order chi connectivity index (χ1) is 12.2. The maximum atomic E-state index is 12.7. The number of benzene rings is 2. The Morgan fingerprint density at radius 3 is 2.48 bits per heavy atom. The van der Waals surface area contributed by atoms with Gasteiger partial charge in [0, 0.05) is 18.5 Å². The minimum absolute atomic E-state index is 0.158. The summed E-state index contributed by atoms with van der Waals surface area (Å²) < 4.78 is 0. The molecular weight excluding hydrogens is 308 g/mol. The second-order valence-electron chi connectivity index (χ2n) is 7.06. The first-order valence-electron chi connectivity index (χ1n) is 9.34. The molecule has 2 aromatic carbocycles. The van der Waals surface area contributed by atoms with Crippen LogP contribution >= 0.6 is 0 Å². The minimum atomic E-state index is 0.158. The second kappa shape index (κ2) is 8.82. The van der Waals surface area contributed by atoms with Crippen molar-refractivity contribution in [3.05, 3.63) is 71.8 Å². The van der Waals surface area contributed by atoms with E-state index in [1.54, 1.807) is 0 Å². The van der Waals surface area contributed by atoms with Gasteiger partial charge in [0.05, 0.1) is 0 Å². The van der Waals surface area contributed by atoms with E-state index in [9.17, 15) is 4.79 Å². The van der Waals surface area contributed by atoms with Gasteiger partial charge in [0.25, 0.3) is 0 Å². The van der Waals surface area contributed by atoms with Crippen LogP contribution in [0.4, 0.5) is 0 Å². The van der Waals surface area contributed by atoms with Crippen molar-refractivity contribution in [2.45, 2.75) is 50.6 Å². The SMILES string of the molecule is CC1NCCCC1NC(=O)CC(Cc1ccccc1)c1ccccc1. The lowest BCUT2D eigenvalue weighted by atomic mass is 9.88. The first-order valence-corrected chi connectivity index (χ1v) is 9.34. The zero-order valence-electron chi connectivity index (χ0n) is 14.9. The van der Waals surface area contributed by atoms with Crippen molar-refractivity contribution in [1.82, 2.24) is 10.6 Å². The van der Waals surface area contributed by atoms with Crippen molar-refractivity contribution < 1.29 is 4.79 Å². The molecule has 132 valence electrons. The van der Waals surface area contributed by atoms with Crippen LogP contribution in [-0.2, 0) is 11.2 Å². The number of hydrogen-bond donors (Lipinski definition) is 2. The number of rotatable bonds is 6. The average molecular weight is 336 g/mol. The molecule has 1 aliphatic heterocycles. The Morgan fingerprint density at radius 1 is 1.12 bits per heavy atom. The van der Waals surface area contributed by atoms with Crippen LogP contribution < -0.4 is 10.6 Å². The highest BCUT2D eigenvalue weighted by atomic mass is 16.1. The average Bonchev–Trinajstić information content (AvgIpc) is 2.65. The molecule has 2 aromatic rings. The van der Waals surface area contributed by atoms with Gasteiger partial charge >= 0.3 is 0 Å². The van der Waals surface area contributed by atoms with Gasteiger partial charge in [-0.2, -0.15) is 0 Å². The van der Waals surface area contributed by atoms with Gasteiger partial charge in [-0.3, -0.25) is 4.79 Å². The molecule has 1 amide bonds. The molecular formula is C22H28N2O. The monoisotopic (exact) mass is 336 g/mol. The predicted octanol–water partition coefficient (Wildman–Crippen LogP) is 3.66. The molecule has 3 rings (SSSR count). The van der Waals surface area contributed by atoms with E-state index in [-0.39, 0.29) is 17.9 Å². The highest BCUT2D eigenvalue weighted by Crippen LogP contribution is 2.24. The molecule has 3 heteroatoms. The van der Waals surface area contributed by atoms with Gasteiger partial charge in [-0.1, -0.05) is 60.7 Å². The van der Waals surface area contributed by atoms with Gasteiger partial charge in [-0.05, 0) is 49.8 Å². The Bertz CT molecular complexity index is 656. The lowest BCUT2D eigenvalue weighted by Crippen LogP contribution is -2.52. The standard InChI is InChI=1S/C22H28N2O/c1-17-21(13-8-14-23-17)24-22(25)16-20(19-11-6-3-7-12-19)15-18-9-4-2-5-10-18/h2-7,9-12,17,20-21,23H,8,13-16H2,1H3,(H,24,25). The van der Waals surface area contributed by atoms with Crippen molar-refractivity contribution in [3.8, 4) is 0 Å². The molecule has 0 aliphatic carbocycles. The van der Waals surface area contributed by atoms with Crippen molar-refractivity contribution in [2.75, 3.05) is 6.54 Å². The van der Waals surface area contributed by atoms with Crippen LogP contribution in [0.15, 0.2) is 60.7 Å². The number of carbonyl (C=O) groups is 1. The molecule has 1 saturated heterocycles. The molecule has 3 unspecified atom stereocenters. The molecule has 3 atom stereocenters. The Balaban J connectivity index is 1.67. The van der Waals surface area contributed by atoms with E-state index >= 15 is 0 Å². The predicted molar refractivity (Wildman–Crippen MR) is 103 cm³/mol. The Kier molecular flexibility index (Phi) is 6.24. The quantitative estimate of drug-likeness (QED) is 0.845. The van der Waals surface area contributed by atoms with E-state index in [2.05, 4.69) is 66.1 Å². The first kappa shape index (κ1) is 17.7. The van der Waals surface area contributed by atoms with Crippen molar-refractivity contribution in [1.29, 1.82) is 0 Å². The number of nitrogens with one attached hydrogen (secondary N) is 2. The molecule has 2 N–H and O–H groups in total. The Morgan fingerprint density at radius 2 is 1.80 bits per heavy atom. The Hall–Kier alpha value is -2.13. The fraction of sp³-hybridized carbons (Fsp3) is 0.409. The molecule has 25 heavy (non-hydrogen) atoms. The van der Waals surface area contributed by atoms with E-state index in [1.165, 1.54) is 11.1 Å². The molecule has 3 nitrogen and oxygen atoms in total. The molecule has 1 aliphatic rings. The highest BCUT2D eigenvalue weighted by Gasteiger charge is 2.24. The molecule has 1 heterocycles. The normalized spacial score (nSPS) is 21.5. The number of amides is 1. The van der Waals surface area contributed by atoms with Crippen LogP contribution in [0.2, 0.25) is 0 Å². The lowest BCUT2D eigenvalue weighted by molar-refractivity contribution is -0.122. The summed E-state index contributed by atoms with van der Waals surface area (Å²) in [5.74, 6) is 0.362.